The van der Waals surface area contributed by atoms with E-state index in [1.165, 1.54) is 22.8 Å². The van der Waals surface area contributed by atoms with Gasteiger partial charge in [0.1, 0.15) is 0 Å². The van der Waals surface area contributed by atoms with Gasteiger partial charge in [0.2, 0.25) is 0 Å². The highest BCUT2D eigenvalue weighted by atomic mass is 16.4. The maximum absolute atomic E-state index is 11.8. The zero-order chi connectivity index (χ0) is 14.0. The van der Waals surface area contributed by atoms with Gasteiger partial charge in [0, 0.05) is 6.54 Å². The van der Waals surface area contributed by atoms with Crippen molar-refractivity contribution >= 4 is 17.0 Å². The Morgan fingerprint density at radius 1 is 1.37 bits per heavy atom. The zero-order valence-electron chi connectivity index (χ0n) is 10.0. The molecular weight excluding hydrogens is 250 g/mol. The Labute approximate surface area is 107 Å². The highest BCUT2D eigenvalue weighted by molar-refractivity contribution is 5.92. The average molecular weight is 263 g/mol. The Bertz CT molecular complexity index is 745. The Hall–Kier alpha value is -2.41. The molecule has 0 atom stereocenters. The summed E-state index contributed by atoms with van der Waals surface area (Å²) in [7, 11) is 0. The first kappa shape index (κ1) is 13.0. The second-order valence-corrected chi connectivity index (χ2v) is 4.09. The summed E-state index contributed by atoms with van der Waals surface area (Å²) in [5.41, 5.74) is 4.82. The lowest BCUT2D eigenvalue weighted by molar-refractivity contribution is 0.0697. The molecule has 7 nitrogen and oxygen atoms in total. The van der Waals surface area contributed by atoms with Gasteiger partial charge in [-0.25, -0.2) is 4.79 Å². The normalized spacial score (nSPS) is 10.8. The largest absolute Gasteiger partial charge is 0.478 e. The van der Waals surface area contributed by atoms with E-state index in [0.29, 0.717) is 30.5 Å². The molecule has 0 radical (unpaired) electrons. The Balaban J connectivity index is 2.72. The molecule has 0 aliphatic carbocycles. The monoisotopic (exact) mass is 263 g/mol. The summed E-state index contributed by atoms with van der Waals surface area (Å²) in [5, 5.41) is 8.90. The van der Waals surface area contributed by atoms with Crippen molar-refractivity contribution in [1.82, 2.24) is 9.55 Å². The van der Waals surface area contributed by atoms with Crippen molar-refractivity contribution < 1.29 is 9.90 Å². The number of aryl methyl sites for hydroxylation is 1. The van der Waals surface area contributed by atoms with Crippen LogP contribution in [0.4, 0.5) is 0 Å². The molecule has 7 heteroatoms. The molecule has 2 rings (SSSR count). The van der Waals surface area contributed by atoms with Gasteiger partial charge in [0.05, 0.1) is 16.6 Å². The Morgan fingerprint density at radius 3 is 2.74 bits per heavy atom. The number of H-pyrrole nitrogens is 1. The summed E-state index contributed by atoms with van der Waals surface area (Å²) in [6.07, 6.45) is 0.555. The van der Waals surface area contributed by atoms with Gasteiger partial charge in [-0.15, -0.1) is 0 Å². The Kier molecular flexibility index (Phi) is 3.48. The van der Waals surface area contributed by atoms with Crippen molar-refractivity contribution in [2.75, 3.05) is 6.54 Å². The summed E-state index contributed by atoms with van der Waals surface area (Å²) in [5.74, 6) is -1.09. The minimum Gasteiger partial charge on any atom is -0.478 e. The molecule has 0 amide bonds. The van der Waals surface area contributed by atoms with Crippen molar-refractivity contribution in [3.63, 3.8) is 0 Å². The molecule has 0 saturated carbocycles. The molecule has 1 aromatic carbocycles. The predicted molar refractivity (Wildman–Crippen MR) is 69.5 cm³/mol. The van der Waals surface area contributed by atoms with E-state index in [1.54, 1.807) is 0 Å². The van der Waals surface area contributed by atoms with Crippen LogP contribution in [-0.4, -0.2) is 27.2 Å². The average Bonchev–Trinajstić information content (AvgIpc) is 2.38. The number of hydrogen-bond acceptors (Lipinski definition) is 4. The van der Waals surface area contributed by atoms with Gasteiger partial charge in [0.25, 0.3) is 0 Å². The van der Waals surface area contributed by atoms with Crippen LogP contribution in [0.1, 0.15) is 16.8 Å². The van der Waals surface area contributed by atoms with Gasteiger partial charge in [-0.3, -0.25) is 9.59 Å². The van der Waals surface area contributed by atoms with Gasteiger partial charge in [0.15, 0.2) is 0 Å². The number of aromatic amines is 1. The van der Waals surface area contributed by atoms with Crippen LogP contribution in [0.2, 0.25) is 0 Å². The summed E-state index contributed by atoms with van der Waals surface area (Å²) >= 11 is 0. The molecule has 0 unspecified atom stereocenters. The maximum Gasteiger partial charge on any atom is 0.335 e. The molecule has 0 fully saturated rings. The van der Waals surface area contributed by atoms with E-state index in [-0.39, 0.29) is 5.56 Å². The van der Waals surface area contributed by atoms with Crippen LogP contribution in [0, 0.1) is 0 Å². The quantitative estimate of drug-likeness (QED) is 0.656. The zero-order valence-corrected chi connectivity index (χ0v) is 10.0. The molecule has 100 valence electrons. The maximum atomic E-state index is 11.8. The predicted octanol–water partition coefficient (Wildman–Crippen LogP) is -0.263. The SMILES string of the molecule is NCCCn1c(=O)c(=O)[nH]c2cc(C(=O)O)ccc21. The number of hydrogen-bond donors (Lipinski definition) is 3. The molecule has 4 N–H and O–H groups in total. The van der Waals surface area contributed by atoms with Crippen LogP contribution < -0.4 is 16.9 Å². The third-order valence-electron chi connectivity index (χ3n) is 2.81. The second kappa shape index (κ2) is 5.07. The van der Waals surface area contributed by atoms with Crippen molar-refractivity contribution in [2.24, 2.45) is 5.73 Å². The number of benzene rings is 1. The topological polar surface area (TPSA) is 118 Å². The molecule has 19 heavy (non-hydrogen) atoms. The lowest BCUT2D eigenvalue weighted by Gasteiger charge is -2.09. The minimum atomic E-state index is -1.09. The highest BCUT2D eigenvalue weighted by Gasteiger charge is 2.10. The summed E-state index contributed by atoms with van der Waals surface area (Å²) < 4.78 is 1.31. The lowest BCUT2D eigenvalue weighted by Crippen LogP contribution is -2.36. The fraction of sp³-hybridized carbons (Fsp3) is 0.250. The number of nitrogens with zero attached hydrogens (tertiary/aromatic N) is 1. The number of carboxylic acids is 1. The van der Waals surface area contributed by atoms with E-state index < -0.39 is 17.1 Å². The molecule has 0 aliphatic heterocycles. The van der Waals surface area contributed by atoms with Crippen LogP contribution in [-0.2, 0) is 6.54 Å². The number of nitrogens with two attached hydrogens (primary N) is 1. The fourth-order valence-electron chi connectivity index (χ4n) is 1.88. The van der Waals surface area contributed by atoms with Gasteiger partial charge >= 0.3 is 17.1 Å². The van der Waals surface area contributed by atoms with E-state index >= 15 is 0 Å². The number of fused-ring (bicyclic) bond motifs is 1. The van der Waals surface area contributed by atoms with Crippen LogP contribution in [0.25, 0.3) is 11.0 Å². The molecule has 2 aromatic rings. The number of carboxylic acid groups (broad SMARTS) is 1. The Morgan fingerprint density at radius 2 is 2.11 bits per heavy atom. The van der Waals surface area contributed by atoms with E-state index in [9.17, 15) is 14.4 Å². The van der Waals surface area contributed by atoms with E-state index in [2.05, 4.69) is 4.98 Å². The summed E-state index contributed by atoms with van der Waals surface area (Å²) in [4.78, 5) is 36.6. The van der Waals surface area contributed by atoms with E-state index in [4.69, 9.17) is 10.8 Å². The van der Waals surface area contributed by atoms with E-state index in [0.717, 1.165) is 0 Å². The summed E-state index contributed by atoms with van der Waals surface area (Å²) in [6.45, 7) is 0.718. The number of carbonyl (C=O) groups is 1. The van der Waals surface area contributed by atoms with Crippen molar-refractivity contribution in [2.45, 2.75) is 13.0 Å². The van der Waals surface area contributed by atoms with Gasteiger partial charge in [-0.05, 0) is 31.2 Å². The van der Waals surface area contributed by atoms with Crippen molar-refractivity contribution in [3.8, 4) is 0 Å². The van der Waals surface area contributed by atoms with Crippen LogP contribution in [0.3, 0.4) is 0 Å². The van der Waals surface area contributed by atoms with Crippen molar-refractivity contribution in [3.05, 3.63) is 44.5 Å². The van der Waals surface area contributed by atoms with Gasteiger partial charge in [-0.2, -0.15) is 0 Å². The molecule has 0 saturated heterocycles. The second-order valence-electron chi connectivity index (χ2n) is 4.09. The molecule has 1 aromatic heterocycles. The third kappa shape index (κ3) is 2.41. The number of nitrogens with one attached hydrogen (secondary N) is 1. The van der Waals surface area contributed by atoms with Crippen molar-refractivity contribution in [1.29, 1.82) is 0 Å². The summed E-state index contributed by atoms with van der Waals surface area (Å²) in [6, 6.07) is 4.23. The smallest absolute Gasteiger partial charge is 0.335 e. The highest BCUT2D eigenvalue weighted by Crippen LogP contribution is 2.11. The first-order chi connectivity index (χ1) is 9.04. The van der Waals surface area contributed by atoms with Gasteiger partial charge in [-0.1, -0.05) is 0 Å². The lowest BCUT2D eigenvalue weighted by atomic mass is 10.2. The van der Waals surface area contributed by atoms with Crippen LogP contribution >= 0.6 is 0 Å². The molecule has 0 spiro atoms. The van der Waals surface area contributed by atoms with E-state index in [1.807, 2.05) is 0 Å². The fourth-order valence-corrected chi connectivity index (χ4v) is 1.88. The van der Waals surface area contributed by atoms with Crippen LogP contribution in [0.15, 0.2) is 27.8 Å². The number of aromatic nitrogens is 2. The molecule has 0 aliphatic rings. The number of rotatable bonds is 4. The molecular formula is C12H13N3O4. The molecule has 1 heterocycles. The molecule has 0 bridgehead atoms. The van der Waals surface area contributed by atoms with Crippen LogP contribution in [0.5, 0.6) is 0 Å². The standard InChI is InChI=1S/C12H13N3O4/c13-4-1-5-15-9-3-2-7(12(18)19)6-8(9)14-10(16)11(15)17/h2-3,6H,1,4-5,13H2,(H,14,16)(H,18,19). The third-order valence-corrected chi connectivity index (χ3v) is 2.81. The van der Waals surface area contributed by atoms with Gasteiger partial charge < -0.3 is 20.4 Å². The minimum absolute atomic E-state index is 0.0483. The first-order valence-corrected chi connectivity index (χ1v) is 5.75. The first-order valence-electron chi connectivity index (χ1n) is 5.75. The number of aromatic carboxylic acids is 1.